The average Bonchev–Trinajstić information content (AvgIpc) is 3.78. The van der Waals surface area contributed by atoms with Crippen LogP contribution in [0, 0.1) is 34.5 Å². The maximum absolute atomic E-state index is 14.7. The van der Waals surface area contributed by atoms with Gasteiger partial charge in [-0.2, -0.15) is 0 Å². The van der Waals surface area contributed by atoms with Crippen LogP contribution in [0.25, 0.3) is 0 Å². The molecule has 0 radical (unpaired) electrons. The fraction of sp³-hybridized carbons (Fsp3) is 0.676. The van der Waals surface area contributed by atoms with Crippen LogP contribution >= 0.6 is 0 Å². The predicted molar refractivity (Wildman–Crippen MR) is 185 cm³/mol. The molecule has 3 unspecified atom stereocenters. The molecule has 1 aromatic rings. The van der Waals surface area contributed by atoms with Gasteiger partial charge in [0.15, 0.2) is 0 Å². The van der Waals surface area contributed by atoms with Crippen LogP contribution in [0.5, 0.6) is 0 Å². The van der Waals surface area contributed by atoms with Gasteiger partial charge in [-0.15, -0.1) is 0 Å². The van der Waals surface area contributed by atoms with Crippen LogP contribution in [-0.4, -0.2) is 83.9 Å². The highest BCUT2D eigenvalue weighted by Crippen LogP contribution is 2.65. The normalized spacial score (nSPS) is 23.9. The van der Waals surface area contributed by atoms with Crippen molar-refractivity contribution in [2.24, 2.45) is 40.2 Å². The molecule has 5 rings (SSSR count). The minimum atomic E-state index is -1.10. The first kappa shape index (κ1) is 37.1. The molecule has 1 heterocycles. The van der Waals surface area contributed by atoms with E-state index in [9.17, 15) is 28.8 Å². The van der Waals surface area contributed by atoms with E-state index in [1.165, 1.54) is 0 Å². The predicted octanol–water partition coefficient (Wildman–Crippen LogP) is 2.44. The smallest absolute Gasteiger partial charge is 0.407 e. The number of piperidine rings is 1. The van der Waals surface area contributed by atoms with E-state index in [-0.39, 0.29) is 47.6 Å². The molecule has 0 bridgehead atoms. The van der Waals surface area contributed by atoms with Gasteiger partial charge < -0.3 is 36.6 Å². The van der Waals surface area contributed by atoms with Crippen LogP contribution in [-0.2, 0) is 36.8 Å². The Kier molecular flexibility index (Phi) is 10.6. The number of ketones is 1. The highest BCUT2D eigenvalue weighted by Gasteiger charge is 2.70. The number of fused-ring (bicyclic) bond motifs is 2. The van der Waals surface area contributed by atoms with E-state index in [1.54, 1.807) is 4.90 Å². The van der Waals surface area contributed by atoms with Crippen LogP contribution in [0.3, 0.4) is 0 Å². The van der Waals surface area contributed by atoms with Gasteiger partial charge in [-0.05, 0) is 78.7 Å². The number of urea groups is 1. The molecule has 6 atom stereocenters. The maximum atomic E-state index is 14.7. The van der Waals surface area contributed by atoms with Crippen LogP contribution in [0.2, 0.25) is 0 Å². The van der Waals surface area contributed by atoms with Crippen LogP contribution in [0.1, 0.15) is 78.9 Å². The lowest BCUT2D eigenvalue weighted by Crippen LogP contribution is -2.61. The molecule has 50 heavy (non-hydrogen) atoms. The Morgan fingerprint density at radius 3 is 2.12 bits per heavy atom. The van der Waals surface area contributed by atoms with E-state index in [0.29, 0.717) is 25.8 Å². The first-order chi connectivity index (χ1) is 23.4. The van der Waals surface area contributed by atoms with Gasteiger partial charge in [0.25, 0.3) is 5.91 Å². The van der Waals surface area contributed by atoms with Gasteiger partial charge >= 0.3 is 12.1 Å². The van der Waals surface area contributed by atoms with Gasteiger partial charge in [-0.25, -0.2) is 9.59 Å². The van der Waals surface area contributed by atoms with Gasteiger partial charge in [0.1, 0.15) is 18.7 Å². The number of carbonyl (C=O) groups is 6. The zero-order valence-electron chi connectivity index (χ0n) is 30.3. The number of nitrogens with zero attached hydrogens (tertiary/aromatic N) is 1. The molecular weight excluding hydrogens is 640 g/mol. The highest BCUT2D eigenvalue weighted by atomic mass is 16.5. The van der Waals surface area contributed by atoms with Crippen molar-refractivity contribution in [3.8, 4) is 0 Å². The number of amides is 6. The molecule has 0 aromatic heterocycles. The van der Waals surface area contributed by atoms with Crippen LogP contribution in [0.15, 0.2) is 24.3 Å². The Balaban J connectivity index is 1.37. The van der Waals surface area contributed by atoms with E-state index in [2.05, 4.69) is 35.1 Å². The number of hydrogen-bond acceptors (Lipinski definition) is 7. The summed E-state index contributed by atoms with van der Waals surface area (Å²) < 4.78 is 5.42. The van der Waals surface area contributed by atoms with Gasteiger partial charge in [-0.1, -0.05) is 71.7 Å². The number of hydrogen-bond donors (Lipinski definition) is 5. The van der Waals surface area contributed by atoms with E-state index in [0.717, 1.165) is 24.0 Å². The molecule has 6 N–H and O–H groups in total. The van der Waals surface area contributed by atoms with E-state index >= 15 is 0 Å². The lowest BCUT2D eigenvalue weighted by atomic mass is 9.87. The number of primary amides is 1. The number of ether oxygens (including phenoxy) is 1. The van der Waals surface area contributed by atoms with Crippen molar-refractivity contribution in [1.82, 2.24) is 26.2 Å². The fourth-order valence-electron chi connectivity index (χ4n) is 7.83. The molecule has 13 nitrogen and oxygen atoms in total. The van der Waals surface area contributed by atoms with Crippen LogP contribution in [0.4, 0.5) is 9.59 Å². The van der Waals surface area contributed by atoms with Crippen molar-refractivity contribution in [3.63, 3.8) is 0 Å². The number of nitrogens with two attached hydrogens (primary N) is 1. The Morgan fingerprint density at radius 1 is 0.960 bits per heavy atom. The number of carbonyl (C=O) groups excluding carboxylic acids is 6. The molecule has 3 fully saturated rings. The number of likely N-dealkylation sites (tertiary alicyclic amines) is 1. The van der Waals surface area contributed by atoms with Gasteiger partial charge in [-0.3, -0.25) is 19.2 Å². The first-order valence-electron chi connectivity index (χ1n) is 17.9. The third-order valence-corrected chi connectivity index (χ3v) is 11.1. The van der Waals surface area contributed by atoms with Crippen molar-refractivity contribution in [1.29, 1.82) is 0 Å². The van der Waals surface area contributed by atoms with Crippen molar-refractivity contribution < 1.29 is 33.5 Å². The van der Waals surface area contributed by atoms with E-state index < -0.39 is 59.3 Å². The molecule has 6 amide bonds. The number of nitrogens with one attached hydrogen (secondary N) is 4. The number of alkyl carbamates (subject to hydrolysis) is 1. The minimum Gasteiger partial charge on any atom is -0.447 e. The van der Waals surface area contributed by atoms with Gasteiger partial charge in [0.2, 0.25) is 17.6 Å². The maximum Gasteiger partial charge on any atom is 0.407 e. The summed E-state index contributed by atoms with van der Waals surface area (Å²) in [7, 11) is 0. The molecule has 13 heteroatoms. The largest absolute Gasteiger partial charge is 0.447 e. The summed E-state index contributed by atoms with van der Waals surface area (Å²) in [6.45, 7) is 13.8. The van der Waals surface area contributed by atoms with E-state index in [1.807, 2.05) is 58.9 Å². The zero-order valence-corrected chi connectivity index (χ0v) is 30.3. The fourth-order valence-corrected chi connectivity index (χ4v) is 7.83. The summed E-state index contributed by atoms with van der Waals surface area (Å²) in [5.41, 5.74) is 6.84. The molecular formula is C37H54N6O7. The molecule has 4 aliphatic rings. The molecule has 274 valence electrons. The van der Waals surface area contributed by atoms with Crippen molar-refractivity contribution in [2.75, 3.05) is 13.2 Å². The van der Waals surface area contributed by atoms with Crippen molar-refractivity contribution in [2.45, 2.75) is 111 Å². The summed E-state index contributed by atoms with van der Waals surface area (Å²) in [5, 5.41) is 11.4. The van der Waals surface area contributed by atoms with Gasteiger partial charge in [0, 0.05) is 12.6 Å². The Bertz CT molecular complexity index is 1490. The number of Topliss-reactive ketones (excluding diaryl/α,β-unsaturated/α-hetero) is 1. The number of rotatable bonds is 13. The van der Waals surface area contributed by atoms with E-state index in [4.69, 9.17) is 10.5 Å². The average molecular weight is 695 g/mol. The summed E-state index contributed by atoms with van der Waals surface area (Å²) in [5.74, 6) is -2.93. The molecule has 2 saturated carbocycles. The van der Waals surface area contributed by atoms with Crippen molar-refractivity contribution >= 4 is 35.6 Å². The van der Waals surface area contributed by atoms with Crippen molar-refractivity contribution in [3.05, 3.63) is 35.4 Å². The first-order valence-corrected chi connectivity index (χ1v) is 17.9. The Hall–Kier alpha value is -4.16. The molecule has 3 aliphatic carbocycles. The second-order valence-electron chi connectivity index (χ2n) is 16.7. The Labute approximate surface area is 294 Å². The lowest BCUT2D eigenvalue weighted by Gasteiger charge is -2.36. The SMILES string of the molecule is CC(C)NC(=O)OC[C@@H](NC(=O)N[C@H](C(=O)N1CC2C([C@H]1C(=O)NC(CC1CC1)C(=O)C(N)=O)C2(C)C)C1Cc2ccccc2C1)C(C)(C)C. The second-order valence-corrected chi connectivity index (χ2v) is 16.7. The molecule has 1 saturated heterocycles. The number of benzene rings is 1. The van der Waals surface area contributed by atoms with Gasteiger partial charge in [0.05, 0.1) is 12.1 Å². The minimum absolute atomic E-state index is 0.0607. The third-order valence-electron chi connectivity index (χ3n) is 11.1. The molecule has 0 spiro atoms. The quantitative estimate of drug-likeness (QED) is 0.196. The summed E-state index contributed by atoms with van der Waals surface area (Å²) >= 11 is 0. The lowest BCUT2D eigenvalue weighted by molar-refractivity contribution is -0.144. The van der Waals surface area contributed by atoms with Crippen LogP contribution < -0.4 is 27.0 Å². The second kappa shape index (κ2) is 14.2. The third kappa shape index (κ3) is 8.24. The topological polar surface area (TPSA) is 189 Å². The highest BCUT2D eigenvalue weighted by molar-refractivity contribution is 6.37. The standard InChI is InChI=1S/C37H54N6O7/c1-19(2)39-35(49)50-18-26(36(3,4)5)41-34(48)42-28(23-15-21-10-8-9-11-22(21)16-23)33(47)43-17-24-27(37(24,6)7)29(43)32(46)40-25(14-20-12-13-20)30(44)31(38)45/h8-11,19-20,23-29H,12-18H2,1-7H3,(H2,38,45)(H,39,49)(H,40,46)(H2,41,42,48)/t24?,25?,26-,27?,28+,29+/m1/s1. The molecule has 1 aromatic carbocycles. The summed E-state index contributed by atoms with van der Waals surface area (Å²) in [4.78, 5) is 80.9. The molecule has 1 aliphatic heterocycles. The summed E-state index contributed by atoms with van der Waals surface area (Å²) in [6.07, 6.45) is 2.69. The summed E-state index contributed by atoms with van der Waals surface area (Å²) in [6, 6.07) is 3.75. The zero-order chi connectivity index (χ0) is 36.7. The monoisotopic (exact) mass is 694 g/mol. The Morgan fingerprint density at radius 2 is 1.58 bits per heavy atom.